The van der Waals surface area contributed by atoms with Crippen LogP contribution in [0.2, 0.25) is 5.02 Å². The molecule has 0 bridgehead atoms. The molecule has 0 unspecified atom stereocenters. The third kappa shape index (κ3) is 4.49. The third-order valence-electron chi connectivity index (χ3n) is 4.75. The molecular formula is C24H18ClN3O3. The van der Waals surface area contributed by atoms with E-state index in [4.69, 9.17) is 11.6 Å². The van der Waals surface area contributed by atoms with Crippen molar-refractivity contribution in [2.24, 2.45) is 0 Å². The van der Waals surface area contributed by atoms with Gasteiger partial charge in [0.2, 0.25) is 5.91 Å². The van der Waals surface area contributed by atoms with Gasteiger partial charge in [0.15, 0.2) is 11.6 Å². The number of nitrogens with one attached hydrogen (secondary N) is 1. The van der Waals surface area contributed by atoms with Crippen molar-refractivity contribution in [1.82, 2.24) is 9.71 Å². The van der Waals surface area contributed by atoms with E-state index in [-0.39, 0.29) is 11.7 Å². The molecule has 3 aromatic carbocycles. The second kappa shape index (κ2) is 8.45. The topological polar surface area (TPSA) is 84.2 Å². The molecule has 0 aliphatic heterocycles. The number of carbonyl (C=O) groups is 2. The van der Waals surface area contributed by atoms with Gasteiger partial charge in [-0.2, -0.15) is 4.73 Å². The zero-order chi connectivity index (χ0) is 22.0. The van der Waals surface area contributed by atoms with Crippen LogP contribution in [0.3, 0.4) is 0 Å². The molecule has 0 spiro atoms. The molecule has 0 saturated carbocycles. The summed E-state index contributed by atoms with van der Waals surface area (Å²) in [5.41, 5.74) is 3.88. The number of fused-ring (bicyclic) bond motifs is 1. The number of hydrogen-bond acceptors (Lipinski definition) is 4. The summed E-state index contributed by atoms with van der Waals surface area (Å²) in [5, 5.41) is 13.7. The number of carbonyl (C=O) groups excluding carboxylic acids is 2. The first-order valence-corrected chi connectivity index (χ1v) is 9.86. The molecule has 0 saturated heterocycles. The summed E-state index contributed by atoms with van der Waals surface area (Å²) >= 11 is 5.99. The quantitative estimate of drug-likeness (QED) is 0.250. The normalized spacial score (nSPS) is 11.2. The fourth-order valence-corrected chi connectivity index (χ4v) is 3.28. The Morgan fingerprint density at radius 2 is 1.74 bits per heavy atom. The Kier molecular flexibility index (Phi) is 5.56. The molecule has 0 atom stereocenters. The third-order valence-corrected chi connectivity index (χ3v) is 4.98. The molecule has 154 valence electrons. The summed E-state index contributed by atoms with van der Waals surface area (Å²) in [6.45, 7) is 1.51. The lowest BCUT2D eigenvalue weighted by Gasteiger charge is -2.05. The molecule has 7 heteroatoms. The Bertz CT molecular complexity index is 1310. The van der Waals surface area contributed by atoms with Gasteiger partial charge >= 0.3 is 0 Å². The first-order valence-electron chi connectivity index (χ1n) is 9.48. The summed E-state index contributed by atoms with van der Waals surface area (Å²) in [5.74, 6) is 0.0914. The minimum atomic E-state index is -0.285. The monoisotopic (exact) mass is 431 g/mol. The summed E-state index contributed by atoms with van der Waals surface area (Å²) in [7, 11) is 0. The number of anilines is 1. The van der Waals surface area contributed by atoms with E-state index >= 15 is 0 Å². The van der Waals surface area contributed by atoms with Crippen LogP contribution in [-0.2, 0) is 4.79 Å². The van der Waals surface area contributed by atoms with E-state index in [0.29, 0.717) is 38.7 Å². The first-order chi connectivity index (χ1) is 14.9. The zero-order valence-corrected chi connectivity index (χ0v) is 17.3. The van der Waals surface area contributed by atoms with Gasteiger partial charge in [-0.05, 0) is 61.0 Å². The molecule has 0 radical (unpaired) electrons. The van der Waals surface area contributed by atoms with E-state index in [0.717, 1.165) is 10.3 Å². The largest absolute Gasteiger partial charge is 0.426 e. The Morgan fingerprint density at radius 1 is 1.03 bits per heavy atom. The Hall–Kier alpha value is -3.90. The van der Waals surface area contributed by atoms with Gasteiger partial charge in [0.25, 0.3) is 0 Å². The number of rotatable bonds is 5. The van der Waals surface area contributed by atoms with E-state index in [1.807, 2.05) is 0 Å². The van der Waals surface area contributed by atoms with E-state index in [2.05, 4.69) is 10.3 Å². The predicted octanol–water partition coefficient (Wildman–Crippen LogP) is 5.45. The molecular weight excluding hydrogens is 414 g/mol. The number of imidazole rings is 1. The van der Waals surface area contributed by atoms with Gasteiger partial charge in [-0.3, -0.25) is 9.59 Å². The highest BCUT2D eigenvalue weighted by Crippen LogP contribution is 2.26. The fourth-order valence-electron chi connectivity index (χ4n) is 3.11. The minimum Gasteiger partial charge on any atom is -0.426 e. The van der Waals surface area contributed by atoms with Gasteiger partial charge in [0.05, 0.1) is 5.52 Å². The molecule has 4 aromatic rings. The van der Waals surface area contributed by atoms with Crippen molar-refractivity contribution in [3.63, 3.8) is 0 Å². The second-order valence-corrected chi connectivity index (χ2v) is 7.39. The summed E-state index contributed by atoms with van der Waals surface area (Å²) in [6, 6.07) is 19.1. The molecule has 0 fully saturated rings. The standard InChI is InChI=1S/C24H18ClN3O3/c1-15(29)17-5-2-16(3-6-17)4-13-23(30)26-20-10-7-18(8-11-20)24-27-21-12-9-19(25)14-22(21)28(24)31/h2-14,31H,1H3,(H,26,30)/b13-4+. The number of Topliss-reactive ketones (excluding diaryl/α,β-unsaturated/α-hetero) is 1. The molecule has 1 aromatic heterocycles. The molecule has 1 amide bonds. The number of benzene rings is 3. The van der Waals surface area contributed by atoms with Crippen molar-refractivity contribution in [3.8, 4) is 11.4 Å². The highest BCUT2D eigenvalue weighted by molar-refractivity contribution is 6.31. The summed E-state index contributed by atoms with van der Waals surface area (Å²) in [6.07, 6.45) is 3.10. The zero-order valence-electron chi connectivity index (χ0n) is 16.5. The summed E-state index contributed by atoms with van der Waals surface area (Å²) in [4.78, 5) is 27.9. The molecule has 31 heavy (non-hydrogen) atoms. The lowest BCUT2D eigenvalue weighted by molar-refractivity contribution is -0.111. The maximum absolute atomic E-state index is 12.2. The van der Waals surface area contributed by atoms with Crippen LogP contribution in [0, 0.1) is 0 Å². The van der Waals surface area contributed by atoms with Gasteiger partial charge < -0.3 is 10.5 Å². The maximum Gasteiger partial charge on any atom is 0.248 e. The van der Waals surface area contributed by atoms with Gasteiger partial charge in [-0.25, -0.2) is 4.98 Å². The van der Waals surface area contributed by atoms with Gasteiger partial charge in [-0.15, -0.1) is 0 Å². The van der Waals surface area contributed by atoms with Crippen LogP contribution < -0.4 is 5.32 Å². The number of aromatic nitrogens is 2. The van der Waals surface area contributed by atoms with Crippen LogP contribution in [0.15, 0.2) is 72.8 Å². The lowest BCUT2D eigenvalue weighted by Crippen LogP contribution is -2.07. The molecule has 1 heterocycles. The summed E-state index contributed by atoms with van der Waals surface area (Å²) < 4.78 is 0.995. The fraction of sp³-hybridized carbons (Fsp3) is 0.0417. The minimum absolute atomic E-state index is 0.00252. The highest BCUT2D eigenvalue weighted by atomic mass is 35.5. The smallest absolute Gasteiger partial charge is 0.248 e. The highest BCUT2D eigenvalue weighted by Gasteiger charge is 2.12. The van der Waals surface area contributed by atoms with Crippen molar-refractivity contribution in [3.05, 3.63) is 89.0 Å². The number of halogens is 1. The van der Waals surface area contributed by atoms with Crippen molar-refractivity contribution < 1.29 is 14.8 Å². The molecule has 6 nitrogen and oxygen atoms in total. The van der Waals surface area contributed by atoms with Crippen molar-refractivity contribution in [2.75, 3.05) is 5.32 Å². The van der Waals surface area contributed by atoms with Crippen LogP contribution in [0.25, 0.3) is 28.5 Å². The van der Waals surface area contributed by atoms with Crippen molar-refractivity contribution in [2.45, 2.75) is 6.92 Å². The van der Waals surface area contributed by atoms with Gasteiger partial charge in [0, 0.05) is 27.9 Å². The number of ketones is 1. The predicted molar refractivity (Wildman–Crippen MR) is 121 cm³/mol. The molecule has 0 aliphatic rings. The lowest BCUT2D eigenvalue weighted by atomic mass is 10.1. The van der Waals surface area contributed by atoms with Gasteiger partial charge in [-0.1, -0.05) is 35.9 Å². The first kappa shape index (κ1) is 20.4. The molecule has 0 aliphatic carbocycles. The van der Waals surface area contributed by atoms with E-state index in [1.165, 1.54) is 13.0 Å². The van der Waals surface area contributed by atoms with Gasteiger partial charge in [0.1, 0.15) is 5.52 Å². The van der Waals surface area contributed by atoms with Crippen LogP contribution >= 0.6 is 11.6 Å². The van der Waals surface area contributed by atoms with Crippen LogP contribution in [0.5, 0.6) is 0 Å². The van der Waals surface area contributed by atoms with Crippen molar-refractivity contribution >= 4 is 46.1 Å². The van der Waals surface area contributed by atoms with Crippen molar-refractivity contribution in [1.29, 1.82) is 0 Å². The van der Waals surface area contributed by atoms with E-state index in [1.54, 1.807) is 72.8 Å². The number of amides is 1. The average molecular weight is 432 g/mol. The maximum atomic E-state index is 12.2. The number of hydrogen-bond donors (Lipinski definition) is 2. The SMILES string of the molecule is CC(=O)c1ccc(/C=C/C(=O)Nc2ccc(-c3nc4ccc(Cl)cc4n3O)cc2)cc1. The van der Waals surface area contributed by atoms with E-state index < -0.39 is 0 Å². The van der Waals surface area contributed by atoms with E-state index in [9.17, 15) is 14.8 Å². The van der Waals surface area contributed by atoms with Crippen LogP contribution in [-0.4, -0.2) is 26.6 Å². The molecule has 4 rings (SSSR count). The molecule has 2 N–H and O–H groups in total. The average Bonchev–Trinajstić information content (AvgIpc) is 3.09. The second-order valence-electron chi connectivity index (χ2n) is 6.96. The Morgan fingerprint density at radius 3 is 2.42 bits per heavy atom. The number of nitrogens with zero attached hydrogens (tertiary/aromatic N) is 2. The van der Waals surface area contributed by atoms with Crippen LogP contribution in [0.4, 0.5) is 5.69 Å². The van der Waals surface area contributed by atoms with Crippen LogP contribution in [0.1, 0.15) is 22.8 Å². The Balaban J connectivity index is 1.45. The Labute approximate surface area is 183 Å².